The SMILES string of the molecule is CN(C)CCn1ncc(Cl)c1C(N)c1cccs1. The third-order valence-corrected chi connectivity index (χ3v) is 3.98. The molecule has 0 aliphatic heterocycles. The quantitative estimate of drug-likeness (QED) is 0.916. The molecule has 0 aliphatic carbocycles. The van der Waals surface area contributed by atoms with E-state index >= 15 is 0 Å². The molecular weight excluding hydrogens is 268 g/mol. The second kappa shape index (κ2) is 5.84. The van der Waals surface area contributed by atoms with Gasteiger partial charge in [-0.2, -0.15) is 5.10 Å². The van der Waals surface area contributed by atoms with Crippen LogP contribution in [0.25, 0.3) is 0 Å². The van der Waals surface area contributed by atoms with Crippen molar-refractivity contribution < 1.29 is 0 Å². The molecule has 0 bridgehead atoms. The third-order valence-electron chi connectivity index (χ3n) is 2.74. The number of nitrogens with zero attached hydrogens (tertiary/aromatic N) is 3. The molecule has 18 heavy (non-hydrogen) atoms. The van der Waals surface area contributed by atoms with Gasteiger partial charge in [0, 0.05) is 11.4 Å². The number of rotatable bonds is 5. The minimum absolute atomic E-state index is 0.206. The highest BCUT2D eigenvalue weighted by atomic mass is 35.5. The molecule has 2 N–H and O–H groups in total. The summed E-state index contributed by atoms with van der Waals surface area (Å²) in [5.74, 6) is 0. The molecule has 1 atom stereocenters. The smallest absolute Gasteiger partial charge is 0.0838 e. The van der Waals surface area contributed by atoms with E-state index in [1.807, 2.05) is 36.3 Å². The van der Waals surface area contributed by atoms with Crippen molar-refractivity contribution in [1.29, 1.82) is 0 Å². The van der Waals surface area contributed by atoms with Crippen molar-refractivity contribution in [2.45, 2.75) is 12.6 Å². The van der Waals surface area contributed by atoms with Gasteiger partial charge < -0.3 is 10.6 Å². The summed E-state index contributed by atoms with van der Waals surface area (Å²) < 4.78 is 1.90. The molecule has 0 spiro atoms. The van der Waals surface area contributed by atoms with Crippen LogP contribution < -0.4 is 5.73 Å². The van der Waals surface area contributed by atoms with E-state index in [9.17, 15) is 0 Å². The lowest BCUT2D eigenvalue weighted by Crippen LogP contribution is -2.23. The Morgan fingerprint density at radius 3 is 2.94 bits per heavy atom. The molecule has 6 heteroatoms. The van der Waals surface area contributed by atoms with Crippen LogP contribution in [0, 0.1) is 0 Å². The van der Waals surface area contributed by atoms with E-state index in [4.69, 9.17) is 17.3 Å². The number of nitrogens with two attached hydrogens (primary N) is 1. The maximum Gasteiger partial charge on any atom is 0.0838 e. The first-order valence-electron chi connectivity index (χ1n) is 5.74. The van der Waals surface area contributed by atoms with Gasteiger partial charge in [-0.1, -0.05) is 17.7 Å². The zero-order valence-electron chi connectivity index (χ0n) is 10.5. The van der Waals surface area contributed by atoms with Crippen LogP contribution in [0.1, 0.15) is 16.6 Å². The minimum Gasteiger partial charge on any atom is -0.318 e. The van der Waals surface area contributed by atoms with Gasteiger partial charge >= 0.3 is 0 Å². The van der Waals surface area contributed by atoms with Crippen molar-refractivity contribution in [3.05, 3.63) is 39.3 Å². The molecule has 0 saturated heterocycles. The number of likely N-dealkylation sites (N-methyl/N-ethyl adjacent to an activating group) is 1. The van der Waals surface area contributed by atoms with E-state index < -0.39 is 0 Å². The van der Waals surface area contributed by atoms with E-state index in [0.717, 1.165) is 23.7 Å². The van der Waals surface area contributed by atoms with Gasteiger partial charge in [0.1, 0.15) is 0 Å². The number of hydrogen-bond donors (Lipinski definition) is 1. The lowest BCUT2D eigenvalue weighted by atomic mass is 10.2. The second-order valence-electron chi connectivity index (χ2n) is 4.40. The standard InChI is InChI=1S/C12H17ClN4S/c1-16(2)5-6-17-12(9(13)8-15-17)11(14)10-4-3-7-18-10/h3-4,7-8,11H,5-6,14H2,1-2H3. The molecule has 0 aliphatic rings. The average Bonchev–Trinajstić information content (AvgIpc) is 2.94. The normalized spacial score (nSPS) is 13.2. The summed E-state index contributed by atoms with van der Waals surface area (Å²) >= 11 is 7.84. The van der Waals surface area contributed by atoms with E-state index in [0.29, 0.717) is 5.02 Å². The first-order chi connectivity index (χ1) is 8.59. The predicted octanol–water partition coefficient (Wildman–Crippen LogP) is 2.21. The number of halogens is 1. The van der Waals surface area contributed by atoms with Gasteiger partial charge in [0.2, 0.25) is 0 Å². The molecule has 0 radical (unpaired) electrons. The Bertz CT molecular complexity index is 492. The first kappa shape index (κ1) is 13.5. The van der Waals surface area contributed by atoms with Crippen LogP contribution >= 0.6 is 22.9 Å². The maximum atomic E-state index is 6.26. The monoisotopic (exact) mass is 284 g/mol. The summed E-state index contributed by atoms with van der Waals surface area (Å²) in [6.07, 6.45) is 1.67. The molecule has 2 aromatic rings. The van der Waals surface area contributed by atoms with Crippen LogP contribution in [0.2, 0.25) is 5.02 Å². The summed E-state index contributed by atoms with van der Waals surface area (Å²) in [6.45, 7) is 1.69. The molecular formula is C12H17ClN4S. The zero-order valence-corrected chi connectivity index (χ0v) is 12.1. The highest BCUT2D eigenvalue weighted by Gasteiger charge is 2.19. The van der Waals surface area contributed by atoms with Crippen molar-refractivity contribution >= 4 is 22.9 Å². The van der Waals surface area contributed by atoms with Crippen LogP contribution in [0.4, 0.5) is 0 Å². The number of hydrogen-bond acceptors (Lipinski definition) is 4. The topological polar surface area (TPSA) is 47.1 Å². The van der Waals surface area contributed by atoms with E-state index in [2.05, 4.69) is 10.00 Å². The number of aromatic nitrogens is 2. The molecule has 1 unspecified atom stereocenters. The Kier molecular flexibility index (Phi) is 4.40. The van der Waals surface area contributed by atoms with Crippen LogP contribution in [0.15, 0.2) is 23.7 Å². The van der Waals surface area contributed by atoms with Crippen LogP contribution in [-0.2, 0) is 6.54 Å². The van der Waals surface area contributed by atoms with Crippen molar-refractivity contribution in [1.82, 2.24) is 14.7 Å². The van der Waals surface area contributed by atoms with Gasteiger partial charge in [-0.15, -0.1) is 11.3 Å². The lowest BCUT2D eigenvalue weighted by molar-refractivity contribution is 0.368. The molecule has 2 rings (SSSR count). The van der Waals surface area contributed by atoms with Gasteiger partial charge in [0.25, 0.3) is 0 Å². The summed E-state index contributed by atoms with van der Waals surface area (Å²) in [6, 6.07) is 3.81. The van der Waals surface area contributed by atoms with Gasteiger partial charge in [-0.05, 0) is 25.5 Å². The molecule has 4 nitrogen and oxygen atoms in total. The highest BCUT2D eigenvalue weighted by molar-refractivity contribution is 7.10. The van der Waals surface area contributed by atoms with E-state index in [1.165, 1.54) is 0 Å². The molecule has 2 heterocycles. The van der Waals surface area contributed by atoms with Gasteiger partial charge in [-0.3, -0.25) is 4.68 Å². The predicted molar refractivity (Wildman–Crippen MR) is 76.1 cm³/mol. The largest absolute Gasteiger partial charge is 0.318 e. The minimum atomic E-state index is -0.206. The number of thiophene rings is 1. The fraction of sp³-hybridized carbons (Fsp3) is 0.417. The maximum absolute atomic E-state index is 6.26. The Morgan fingerprint density at radius 1 is 1.56 bits per heavy atom. The van der Waals surface area contributed by atoms with Crippen LogP contribution in [0.5, 0.6) is 0 Å². The summed E-state index contributed by atoms with van der Waals surface area (Å²) in [7, 11) is 4.06. The Labute approximate surface area is 116 Å². The Hall–Kier alpha value is -0.880. The molecule has 0 saturated carbocycles. The lowest BCUT2D eigenvalue weighted by Gasteiger charge is -2.15. The first-order valence-corrected chi connectivity index (χ1v) is 7.00. The van der Waals surface area contributed by atoms with Crippen molar-refractivity contribution in [3.8, 4) is 0 Å². The third kappa shape index (κ3) is 2.92. The summed E-state index contributed by atoms with van der Waals surface area (Å²) in [5, 5.41) is 6.95. The van der Waals surface area contributed by atoms with E-state index in [-0.39, 0.29) is 6.04 Å². The Balaban J connectivity index is 2.23. The highest BCUT2D eigenvalue weighted by Crippen LogP contribution is 2.28. The van der Waals surface area contributed by atoms with Gasteiger partial charge in [0.05, 0.1) is 29.5 Å². The van der Waals surface area contributed by atoms with Crippen molar-refractivity contribution in [2.75, 3.05) is 20.6 Å². The van der Waals surface area contributed by atoms with Gasteiger partial charge in [0.15, 0.2) is 0 Å². The summed E-state index contributed by atoms with van der Waals surface area (Å²) in [5.41, 5.74) is 7.15. The molecule has 0 amide bonds. The molecule has 0 aromatic carbocycles. The molecule has 0 fully saturated rings. The Morgan fingerprint density at radius 2 is 2.33 bits per heavy atom. The second-order valence-corrected chi connectivity index (χ2v) is 5.78. The van der Waals surface area contributed by atoms with E-state index in [1.54, 1.807) is 17.5 Å². The summed E-state index contributed by atoms with van der Waals surface area (Å²) in [4.78, 5) is 3.21. The van der Waals surface area contributed by atoms with Crippen LogP contribution in [0.3, 0.4) is 0 Å². The molecule has 98 valence electrons. The van der Waals surface area contributed by atoms with Crippen molar-refractivity contribution in [3.63, 3.8) is 0 Å². The van der Waals surface area contributed by atoms with Gasteiger partial charge in [-0.25, -0.2) is 0 Å². The van der Waals surface area contributed by atoms with Crippen LogP contribution in [-0.4, -0.2) is 35.3 Å². The fourth-order valence-electron chi connectivity index (χ4n) is 1.76. The van der Waals surface area contributed by atoms with Crippen molar-refractivity contribution in [2.24, 2.45) is 5.73 Å². The fourth-order valence-corrected chi connectivity index (χ4v) is 2.75. The average molecular weight is 285 g/mol. The molecule has 2 aromatic heterocycles. The zero-order chi connectivity index (χ0) is 13.1.